The molecule has 1 aromatic carbocycles. The molecule has 2 N–H and O–H groups in total. The van der Waals surface area contributed by atoms with E-state index in [1.165, 1.54) is 21.6 Å². The van der Waals surface area contributed by atoms with E-state index >= 15 is 0 Å². The van der Waals surface area contributed by atoms with E-state index < -0.39 is 0 Å². The van der Waals surface area contributed by atoms with Gasteiger partial charge in [-0.3, -0.25) is 5.10 Å². The molecule has 2 heterocycles. The van der Waals surface area contributed by atoms with Crippen LogP contribution in [-0.4, -0.2) is 15.2 Å². The molecular weight excluding hydrogens is 268 g/mol. The first-order chi connectivity index (χ1) is 9.83. The fourth-order valence-corrected chi connectivity index (χ4v) is 2.97. The van der Waals surface area contributed by atoms with Gasteiger partial charge in [0.25, 0.3) is 0 Å². The lowest BCUT2D eigenvalue weighted by Crippen LogP contribution is -2.18. The van der Waals surface area contributed by atoms with Crippen molar-refractivity contribution in [3.05, 3.63) is 59.5 Å². The molecule has 4 nitrogen and oxygen atoms in total. The van der Waals surface area contributed by atoms with Crippen LogP contribution in [-0.2, 0) is 6.54 Å². The molecule has 0 bridgehead atoms. The lowest BCUT2D eigenvalue weighted by Gasteiger charge is -2.09. The summed E-state index contributed by atoms with van der Waals surface area (Å²) >= 11 is 1.82. The highest BCUT2D eigenvalue weighted by Crippen LogP contribution is 2.28. The number of nitrogens with zero attached hydrogens (tertiary/aromatic N) is 2. The van der Waals surface area contributed by atoms with Crippen molar-refractivity contribution in [2.45, 2.75) is 19.5 Å². The predicted molar refractivity (Wildman–Crippen MR) is 81.4 cm³/mol. The predicted octanol–water partition coefficient (Wildman–Crippen LogP) is 3.38. The Morgan fingerprint density at radius 3 is 2.80 bits per heavy atom. The zero-order valence-electron chi connectivity index (χ0n) is 11.2. The number of thiophene rings is 1. The normalized spacial score (nSPS) is 12.4. The van der Waals surface area contributed by atoms with Crippen LogP contribution < -0.4 is 5.32 Å². The van der Waals surface area contributed by atoms with Crippen LogP contribution in [0.15, 0.2) is 48.8 Å². The topological polar surface area (TPSA) is 53.6 Å². The molecule has 3 rings (SSSR count). The Labute approximate surface area is 121 Å². The van der Waals surface area contributed by atoms with Crippen LogP contribution in [0, 0.1) is 0 Å². The smallest absolute Gasteiger partial charge is 0.141 e. The van der Waals surface area contributed by atoms with Gasteiger partial charge < -0.3 is 5.32 Å². The summed E-state index contributed by atoms with van der Waals surface area (Å²) in [5.41, 5.74) is 1.27. The van der Waals surface area contributed by atoms with Gasteiger partial charge in [0.2, 0.25) is 0 Å². The largest absolute Gasteiger partial charge is 0.303 e. The van der Waals surface area contributed by atoms with Crippen molar-refractivity contribution in [2.75, 3.05) is 0 Å². The second kappa shape index (κ2) is 5.98. The Balaban J connectivity index is 1.63. The van der Waals surface area contributed by atoms with Crippen molar-refractivity contribution in [1.82, 2.24) is 20.5 Å². The highest BCUT2D eigenvalue weighted by atomic mass is 32.1. The van der Waals surface area contributed by atoms with E-state index in [9.17, 15) is 0 Å². The number of aromatic amines is 1. The van der Waals surface area contributed by atoms with Crippen molar-refractivity contribution in [1.29, 1.82) is 0 Å². The van der Waals surface area contributed by atoms with Crippen LogP contribution in [0.5, 0.6) is 0 Å². The quantitative estimate of drug-likeness (QED) is 0.755. The molecule has 0 aliphatic rings. The van der Waals surface area contributed by atoms with E-state index in [4.69, 9.17) is 0 Å². The molecule has 0 fully saturated rings. The van der Waals surface area contributed by atoms with Crippen molar-refractivity contribution in [3.63, 3.8) is 0 Å². The van der Waals surface area contributed by atoms with Crippen molar-refractivity contribution in [3.8, 4) is 10.4 Å². The van der Waals surface area contributed by atoms with Crippen LogP contribution in [0.25, 0.3) is 10.4 Å². The number of aromatic nitrogens is 3. The van der Waals surface area contributed by atoms with Gasteiger partial charge in [-0.05, 0) is 24.6 Å². The molecule has 2 aromatic heterocycles. The highest BCUT2D eigenvalue weighted by Gasteiger charge is 2.08. The van der Waals surface area contributed by atoms with Gasteiger partial charge in [-0.1, -0.05) is 30.3 Å². The molecular formula is C15H16N4S. The second-order valence-electron chi connectivity index (χ2n) is 4.61. The third kappa shape index (κ3) is 2.95. The Bertz CT molecular complexity index is 646. The highest BCUT2D eigenvalue weighted by molar-refractivity contribution is 7.15. The molecule has 0 radical (unpaired) electrons. The minimum absolute atomic E-state index is 0.166. The molecule has 1 atom stereocenters. The van der Waals surface area contributed by atoms with Gasteiger partial charge in [0.05, 0.1) is 6.04 Å². The third-order valence-electron chi connectivity index (χ3n) is 3.15. The molecule has 0 spiro atoms. The first-order valence-electron chi connectivity index (χ1n) is 6.56. The van der Waals surface area contributed by atoms with Gasteiger partial charge in [-0.25, -0.2) is 4.98 Å². The Morgan fingerprint density at radius 1 is 1.20 bits per heavy atom. The molecule has 0 aliphatic carbocycles. The van der Waals surface area contributed by atoms with E-state index in [0.717, 1.165) is 12.4 Å². The van der Waals surface area contributed by atoms with Gasteiger partial charge in [-0.2, -0.15) is 5.10 Å². The van der Waals surface area contributed by atoms with Gasteiger partial charge in [0.1, 0.15) is 12.2 Å². The standard InChI is InChI=1S/C15H16N4S/c1-11(15-17-10-18-19-15)16-9-13-7-8-14(20-13)12-5-3-2-4-6-12/h2-8,10-11,16H,9H2,1H3,(H,17,18,19). The molecule has 102 valence electrons. The summed E-state index contributed by atoms with van der Waals surface area (Å²) in [6.07, 6.45) is 1.53. The minimum atomic E-state index is 0.166. The molecule has 0 amide bonds. The number of hydrogen-bond acceptors (Lipinski definition) is 4. The SMILES string of the molecule is CC(NCc1ccc(-c2ccccc2)s1)c1ncn[nH]1. The number of H-pyrrole nitrogens is 1. The average molecular weight is 284 g/mol. The van der Waals surface area contributed by atoms with Crippen molar-refractivity contribution < 1.29 is 0 Å². The average Bonchev–Trinajstić information content (AvgIpc) is 3.17. The van der Waals surface area contributed by atoms with Gasteiger partial charge >= 0.3 is 0 Å². The minimum Gasteiger partial charge on any atom is -0.303 e. The summed E-state index contributed by atoms with van der Waals surface area (Å²) in [5, 5.41) is 10.2. The molecule has 3 aromatic rings. The first kappa shape index (κ1) is 13.0. The maximum absolute atomic E-state index is 4.16. The summed E-state index contributed by atoms with van der Waals surface area (Å²) in [7, 11) is 0. The Kier molecular flexibility index (Phi) is 3.90. The number of benzene rings is 1. The molecule has 1 unspecified atom stereocenters. The molecule has 5 heteroatoms. The number of rotatable bonds is 5. The third-order valence-corrected chi connectivity index (χ3v) is 4.28. The Hall–Kier alpha value is -1.98. The van der Waals surface area contributed by atoms with Crippen LogP contribution >= 0.6 is 11.3 Å². The fraction of sp³-hybridized carbons (Fsp3) is 0.200. The van der Waals surface area contributed by atoms with Crippen LogP contribution in [0.3, 0.4) is 0 Å². The van der Waals surface area contributed by atoms with Crippen molar-refractivity contribution >= 4 is 11.3 Å². The Morgan fingerprint density at radius 2 is 2.05 bits per heavy atom. The van der Waals surface area contributed by atoms with Gasteiger partial charge in [-0.15, -0.1) is 11.3 Å². The first-order valence-corrected chi connectivity index (χ1v) is 7.37. The van der Waals surface area contributed by atoms with E-state index in [0.29, 0.717) is 0 Å². The summed E-state index contributed by atoms with van der Waals surface area (Å²) in [6, 6.07) is 15.0. The summed E-state index contributed by atoms with van der Waals surface area (Å²) < 4.78 is 0. The summed E-state index contributed by atoms with van der Waals surface area (Å²) in [4.78, 5) is 6.77. The number of nitrogens with one attached hydrogen (secondary N) is 2. The summed E-state index contributed by atoms with van der Waals surface area (Å²) in [5.74, 6) is 0.866. The number of hydrogen-bond donors (Lipinski definition) is 2. The monoisotopic (exact) mass is 284 g/mol. The zero-order chi connectivity index (χ0) is 13.8. The van der Waals surface area contributed by atoms with Crippen LogP contribution in [0.2, 0.25) is 0 Å². The van der Waals surface area contributed by atoms with E-state index in [1.807, 2.05) is 17.4 Å². The summed E-state index contributed by atoms with van der Waals surface area (Å²) in [6.45, 7) is 2.91. The van der Waals surface area contributed by atoms with Gasteiger partial charge in [0.15, 0.2) is 0 Å². The van der Waals surface area contributed by atoms with E-state index in [-0.39, 0.29) is 6.04 Å². The molecule has 0 aliphatic heterocycles. The van der Waals surface area contributed by atoms with E-state index in [2.05, 4.69) is 63.8 Å². The van der Waals surface area contributed by atoms with Gasteiger partial charge in [0, 0.05) is 16.3 Å². The molecule has 20 heavy (non-hydrogen) atoms. The van der Waals surface area contributed by atoms with Crippen LogP contribution in [0.4, 0.5) is 0 Å². The molecule has 0 saturated heterocycles. The van der Waals surface area contributed by atoms with Crippen LogP contribution in [0.1, 0.15) is 23.7 Å². The molecule has 0 saturated carbocycles. The lowest BCUT2D eigenvalue weighted by atomic mass is 10.2. The van der Waals surface area contributed by atoms with E-state index in [1.54, 1.807) is 0 Å². The van der Waals surface area contributed by atoms with Crippen molar-refractivity contribution in [2.24, 2.45) is 0 Å². The fourth-order valence-electron chi connectivity index (χ4n) is 2.00. The maximum Gasteiger partial charge on any atom is 0.141 e. The second-order valence-corrected chi connectivity index (χ2v) is 5.77. The lowest BCUT2D eigenvalue weighted by molar-refractivity contribution is 0.551. The maximum atomic E-state index is 4.16. The zero-order valence-corrected chi connectivity index (χ0v) is 12.0.